The van der Waals surface area contributed by atoms with E-state index >= 15 is 0 Å². The molecule has 4 rings (SSSR count). The van der Waals surface area contributed by atoms with Gasteiger partial charge >= 0.3 is 0 Å². The normalized spacial score (nSPS) is 20.8. The maximum Gasteiger partial charge on any atom is 0.0737 e. The Kier molecular flexibility index (Phi) is 3.12. The molecule has 1 saturated heterocycles. The maximum absolute atomic E-state index is 9.39. The molecule has 2 aromatic carbocycles. The van der Waals surface area contributed by atoms with Gasteiger partial charge in [-0.1, -0.05) is 36.4 Å². The molecule has 3 heteroatoms. The molecule has 1 aromatic heterocycles. The van der Waals surface area contributed by atoms with E-state index in [-0.39, 0.29) is 5.41 Å². The lowest BCUT2D eigenvalue weighted by molar-refractivity contribution is 0.502. The van der Waals surface area contributed by atoms with Crippen molar-refractivity contribution in [1.82, 2.24) is 4.98 Å². The van der Waals surface area contributed by atoms with Crippen molar-refractivity contribution >= 4 is 16.6 Å². The van der Waals surface area contributed by atoms with Crippen LogP contribution in [-0.2, 0) is 0 Å². The third kappa shape index (κ3) is 2.37. The highest BCUT2D eigenvalue weighted by atomic mass is 15.2. The minimum atomic E-state index is -0.242. The Morgan fingerprint density at radius 2 is 1.91 bits per heavy atom. The number of H-pyrrole nitrogens is 1. The molecule has 3 nitrogen and oxygen atoms in total. The molecule has 0 radical (unpaired) electrons. The summed E-state index contributed by atoms with van der Waals surface area (Å²) in [5, 5.41) is 10.6. The van der Waals surface area contributed by atoms with E-state index in [1.165, 1.54) is 16.6 Å². The third-order valence-corrected chi connectivity index (χ3v) is 4.81. The molecule has 1 fully saturated rings. The molecule has 0 bridgehead atoms. The van der Waals surface area contributed by atoms with E-state index in [1.54, 1.807) is 0 Å². The number of hydrogen-bond acceptors (Lipinski definition) is 2. The van der Waals surface area contributed by atoms with Gasteiger partial charge in [-0.05, 0) is 31.5 Å². The van der Waals surface area contributed by atoms with E-state index in [9.17, 15) is 5.26 Å². The molecule has 1 atom stereocenters. The zero-order chi connectivity index (χ0) is 15.9. The summed E-state index contributed by atoms with van der Waals surface area (Å²) in [5.74, 6) is 0. The summed E-state index contributed by atoms with van der Waals surface area (Å²) < 4.78 is 0. The molecule has 3 aromatic rings. The van der Waals surface area contributed by atoms with Gasteiger partial charge in [-0.3, -0.25) is 0 Å². The molecule has 0 amide bonds. The van der Waals surface area contributed by atoms with Crippen LogP contribution < -0.4 is 4.90 Å². The smallest absolute Gasteiger partial charge is 0.0737 e. The number of nitriles is 1. The van der Waals surface area contributed by atoms with Crippen molar-refractivity contribution in [2.75, 3.05) is 18.0 Å². The number of hydrogen-bond donors (Lipinski definition) is 1. The van der Waals surface area contributed by atoms with Gasteiger partial charge in [0.25, 0.3) is 0 Å². The largest absolute Gasteiger partial charge is 0.369 e. The standard InChI is InChI=1S/C20H19N3/c1-20(13-21)10-11-23(14-20)19-9-5-3-7-16(19)18-12-15-6-2-4-8-17(15)22-18/h2-9,12,22H,10-11,14H2,1H3. The third-order valence-electron chi connectivity index (χ3n) is 4.81. The van der Waals surface area contributed by atoms with Crippen LogP contribution >= 0.6 is 0 Å². The van der Waals surface area contributed by atoms with Crippen molar-refractivity contribution in [2.45, 2.75) is 13.3 Å². The van der Waals surface area contributed by atoms with Gasteiger partial charge in [-0.15, -0.1) is 0 Å². The second kappa shape index (κ2) is 5.17. The van der Waals surface area contributed by atoms with Crippen LogP contribution in [-0.4, -0.2) is 18.1 Å². The van der Waals surface area contributed by atoms with Crippen LogP contribution in [0.4, 0.5) is 5.69 Å². The van der Waals surface area contributed by atoms with Crippen LogP contribution in [0.5, 0.6) is 0 Å². The van der Waals surface area contributed by atoms with Crippen LogP contribution in [0.3, 0.4) is 0 Å². The van der Waals surface area contributed by atoms with E-state index in [1.807, 2.05) is 6.07 Å². The van der Waals surface area contributed by atoms with E-state index in [0.29, 0.717) is 0 Å². The highest BCUT2D eigenvalue weighted by Crippen LogP contribution is 2.38. The molecule has 1 unspecified atom stereocenters. The first-order chi connectivity index (χ1) is 11.2. The number of anilines is 1. The quantitative estimate of drug-likeness (QED) is 0.753. The first-order valence-corrected chi connectivity index (χ1v) is 8.02. The first kappa shape index (κ1) is 13.9. The molecule has 23 heavy (non-hydrogen) atoms. The van der Waals surface area contributed by atoms with E-state index < -0.39 is 0 Å². The van der Waals surface area contributed by atoms with Crippen molar-refractivity contribution < 1.29 is 0 Å². The van der Waals surface area contributed by atoms with Crippen molar-refractivity contribution in [2.24, 2.45) is 5.41 Å². The summed E-state index contributed by atoms with van der Waals surface area (Å²) in [7, 11) is 0. The number of para-hydroxylation sites is 2. The van der Waals surface area contributed by atoms with Gasteiger partial charge < -0.3 is 9.88 Å². The summed E-state index contributed by atoms with van der Waals surface area (Å²) in [6, 6.07) is 21.5. The van der Waals surface area contributed by atoms with E-state index in [4.69, 9.17) is 0 Å². The molecule has 1 aliphatic rings. The van der Waals surface area contributed by atoms with Crippen molar-refractivity contribution in [1.29, 1.82) is 5.26 Å². The molecule has 114 valence electrons. The Morgan fingerprint density at radius 1 is 1.13 bits per heavy atom. The molecular weight excluding hydrogens is 282 g/mol. The lowest BCUT2D eigenvalue weighted by Gasteiger charge is -2.22. The number of aromatic nitrogens is 1. The summed E-state index contributed by atoms with van der Waals surface area (Å²) in [5.41, 5.74) is 4.45. The van der Waals surface area contributed by atoms with Crippen LogP contribution in [0, 0.1) is 16.7 Å². The van der Waals surface area contributed by atoms with Gasteiger partial charge in [0.2, 0.25) is 0 Å². The maximum atomic E-state index is 9.39. The Hall–Kier alpha value is -2.73. The Bertz CT molecular complexity index is 869. The number of benzene rings is 2. The van der Waals surface area contributed by atoms with E-state index in [2.05, 4.69) is 71.4 Å². The van der Waals surface area contributed by atoms with Gasteiger partial charge in [0.05, 0.1) is 11.5 Å². The predicted octanol–water partition coefficient (Wildman–Crippen LogP) is 4.57. The fourth-order valence-corrected chi connectivity index (χ4v) is 3.45. The van der Waals surface area contributed by atoms with Gasteiger partial charge in [0.1, 0.15) is 0 Å². The minimum absolute atomic E-state index is 0.242. The fraction of sp³-hybridized carbons (Fsp3) is 0.250. The highest BCUT2D eigenvalue weighted by Gasteiger charge is 2.34. The highest BCUT2D eigenvalue weighted by molar-refractivity contribution is 5.89. The second-order valence-corrected chi connectivity index (χ2v) is 6.63. The van der Waals surface area contributed by atoms with Crippen molar-refractivity contribution in [3.8, 4) is 17.3 Å². The molecule has 2 heterocycles. The van der Waals surface area contributed by atoms with Crippen LogP contribution in [0.1, 0.15) is 13.3 Å². The van der Waals surface area contributed by atoms with E-state index in [0.717, 1.165) is 30.7 Å². The van der Waals surface area contributed by atoms with Crippen molar-refractivity contribution in [3.63, 3.8) is 0 Å². The summed E-state index contributed by atoms with van der Waals surface area (Å²) in [4.78, 5) is 5.86. The number of fused-ring (bicyclic) bond motifs is 1. The molecule has 1 aliphatic heterocycles. The molecule has 1 N–H and O–H groups in total. The van der Waals surface area contributed by atoms with Gasteiger partial charge in [0.15, 0.2) is 0 Å². The van der Waals surface area contributed by atoms with Crippen LogP contribution in [0.25, 0.3) is 22.2 Å². The topological polar surface area (TPSA) is 42.8 Å². The lowest BCUT2D eigenvalue weighted by Crippen LogP contribution is -2.24. The molecule has 0 spiro atoms. The zero-order valence-electron chi connectivity index (χ0n) is 13.2. The average molecular weight is 301 g/mol. The van der Waals surface area contributed by atoms with Gasteiger partial charge in [-0.25, -0.2) is 0 Å². The lowest BCUT2D eigenvalue weighted by atomic mass is 9.92. The minimum Gasteiger partial charge on any atom is -0.369 e. The number of aromatic amines is 1. The summed E-state index contributed by atoms with van der Waals surface area (Å²) in [6.07, 6.45) is 0.921. The van der Waals surface area contributed by atoms with Crippen molar-refractivity contribution in [3.05, 3.63) is 54.6 Å². The second-order valence-electron chi connectivity index (χ2n) is 6.63. The Balaban J connectivity index is 1.77. The summed E-state index contributed by atoms with van der Waals surface area (Å²) >= 11 is 0. The number of rotatable bonds is 2. The number of nitrogens with zero attached hydrogens (tertiary/aromatic N) is 2. The first-order valence-electron chi connectivity index (χ1n) is 8.02. The monoisotopic (exact) mass is 301 g/mol. The average Bonchev–Trinajstić information content (AvgIpc) is 3.19. The molecular formula is C20H19N3. The Morgan fingerprint density at radius 3 is 2.70 bits per heavy atom. The Labute approximate surface area is 136 Å². The van der Waals surface area contributed by atoms with Gasteiger partial charge in [-0.2, -0.15) is 5.26 Å². The van der Waals surface area contributed by atoms with Gasteiger partial charge in [0, 0.05) is 40.9 Å². The molecule has 0 saturated carbocycles. The van der Waals surface area contributed by atoms with Crippen LogP contribution in [0.15, 0.2) is 54.6 Å². The summed E-state index contributed by atoms with van der Waals surface area (Å²) in [6.45, 7) is 3.78. The molecule has 0 aliphatic carbocycles. The number of nitrogens with one attached hydrogen (secondary N) is 1. The predicted molar refractivity (Wildman–Crippen MR) is 94.3 cm³/mol. The van der Waals surface area contributed by atoms with Crippen LogP contribution in [0.2, 0.25) is 0 Å². The fourth-order valence-electron chi connectivity index (χ4n) is 3.45. The SMILES string of the molecule is CC1(C#N)CCN(c2ccccc2-c2cc3ccccc3[nH]2)C1. The zero-order valence-corrected chi connectivity index (χ0v) is 13.2.